The Morgan fingerprint density at radius 1 is 1.04 bits per heavy atom. The second-order valence-corrected chi connectivity index (χ2v) is 7.49. The van der Waals surface area contributed by atoms with Gasteiger partial charge in [-0.05, 0) is 40.8 Å². The Labute approximate surface area is 158 Å². The Hall–Kier alpha value is -2.45. The van der Waals surface area contributed by atoms with Gasteiger partial charge in [-0.2, -0.15) is 0 Å². The van der Waals surface area contributed by atoms with Gasteiger partial charge in [-0.25, -0.2) is 0 Å². The fourth-order valence-electron chi connectivity index (χ4n) is 4.64. The van der Waals surface area contributed by atoms with Gasteiger partial charge in [-0.15, -0.1) is 0 Å². The molecule has 3 heteroatoms. The molecule has 0 saturated carbocycles. The number of hydrogen-bond donors (Lipinski definition) is 1. The van der Waals surface area contributed by atoms with Crippen molar-refractivity contribution in [3.05, 3.63) is 82.9 Å². The third-order valence-electron chi connectivity index (χ3n) is 5.81. The molecule has 1 heterocycles. The van der Waals surface area contributed by atoms with Gasteiger partial charge in [0, 0.05) is 16.5 Å². The number of methoxy groups -OCH3 is 1. The second kappa shape index (κ2) is 6.07. The van der Waals surface area contributed by atoms with E-state index in [2.05, 4.69) is 59.9 Å². The van der Waals surface area contributed by atoms with E-state index < -0.39 is 0 Å². The molecule has 0 aromatic heterocycles. The van der Waals surface area contributed by atoms with E-state index >= 15 is 0 Å². The topological polar surface area (TPSA) is 21.3 Å². The first kappa shape index (κ1) is 15.8. The van der Waals surface area contributed by atoms with E-state index in [1.165, 1.54) is 21.9 Å². The molecule has 1 aliphatic heterocycles. The fourth-order valence-corrected chi connectivity index (χ4v) is 4.92. The van der Waals surface area contributed by atoms with Crippen LogP contribution in [0.4, 0.5) is 5.69 Å². The van der Waals surface area contributed by atoms with Gasteiger partial charge in [0.25, 0.3) is 0 Å². The minimum atomic E-state index is 0.223. The second-order valence-electron chi connectivity index (χ2n) is 7.08. The van der Waals surface area contributed by atoms with Crippen molar-refractivity contribution in [3.8, 4) is 5.75 Å². The van der Waals surface area contributed by atoms with Crippen molar-refractivity contribution in [2.45, 2.75) is 18.4 Å². The summed E-state index contributed by atoms with van der Waals surface area (Å²) in [5.74, 6) is 1.63. The molecule has 0 spiro atoms. The van der Waals surface area contributed by atoms with E-state index in [0.717, 1.165) is 22.9 Å². The van der Waals surface area contributed by atoms with Gasteiger partial charge < -0.3 is 10.1 Å². The van der Waals surface area contributed by atoms with Crippen molar-refractivity contribution in [2.75, 3.05) is 12.4 Å². The highest BCUT2D eigenvalue weighted by Gasteiger charge is 2.40. The monoisotopic (exact) mass is 361 g/mol. The molecule has 2 aliphatic rings. The minimum Gasteiger partial charge on any atom is -0.495 e. The van der Waals surface area contributed by atoms with Crippen LogP contribution in [0.25, 0.3) is 10.8 Å². The molecule has 0 fully saturated rings. The fraction of sp³-hybridized carbons (Fsp3) is 0.217. The maximum absolute atomic E-state index is 6.60. The summed E-state index contributed by atoms with van der Waals surface area (Å²) in [7, 11) is 1.72. The molecular weight excluding hydrogens is 342 g/mol. The zero-order chi connectivity index (χ0) is 17.7. The molecule has 26 heavy (non-hydrogen) atoms. The highest BCUT2D eigenvalue weighted by atomic mass is 35.5. The number of hydrogen-bond acceptors (Lipinski definition) is 2. The summed E-state index contributed by atoms with van der Waals surface area (Å²) in [6.45, 7) is 0. The first-order chi connectivity index (χ1) is 12.8. The molecule has 1 aliphatic carbocycles. The van der Waals surface area contributed by atoms with Crippen LogP contribution >= 0.6 is 11.6 Å². The van der Waals surface area contributed by atoms with Gasteiger partial charge in [0.2, 0.25) is 0 Å². The standard InChI is InChI=1S/C23H20ClNO/c1-26-20-13-12-19(24)21-16-9-5-11-18(16)22(25-23(20)21)17-10-4-7-14-6-2-3-8-15(14)17/h2-10,12-13,16,18,22,25H,11H2,1H3/t16-,18-,22+/m0/s1. The summed E-state index contributed by atoms with van der Waals surface area (Å²) < 4.78 is 5.64. The number of rotatable bonds is 2. The number of anilines is 1. The number of ether oxygens (including phenoxy) is 1. The van der Waals surface area contributed by atoms with Gasteiger partial charge in [0.15, 0.2) is 0 Å². The van der Waals surface area contributed by atoms with Gasteiger partial charge in [-0.1, -0.05) is 66.2 Å². The predicted molar refractivity (Wildman–Crippen MR) is 108 cm³/mol. The molecule has 3 aromatic rings. The SMILES string of the molecule is COc1ccc(Cl)c2c1N[C@H](c1cccc3ccccc13)[C@H]1CC=C[C@H]21. The van der Waals surface area contributed by atoms with Crippen LogP contribution in [0.15, 0.2) is 66.7 Å². The number of benzene rings is 3. The molecule has 0 saturated heterocycles. The van der Waals surface area contributed by atoms with Gasteiger partial charge in [0.05, 0.1) is 18.8 Å². The number of allylic oxidation sites excluding steroid dienone is 2. The largest absolute Gasteiger partial charge is 0.495 e. The summed E-state index contributed by atoms with van der Waals surface area (Å²) >= 11 is 6.60. The molecule has 3 atom stereocenters. The highest BCUT2D eigenvalue weighted by molar-refractivity contribution is 6.32. The van der Waals surface area contributed by atoms with E-state index in [0.29, 0.717) is 11.8 Å². The summed E-state index contributed by atoms with van der Waals surface area (Å²) in [5.41, 5.74) is 3.54. The van der Waals surface area contributed by atoms with E-state index in [1.807, 2.05) is 12.1 Å². The molecule has 0 bridgehead atoms. The number of nitrogens with one attached hydrogen (secondary N) is 1. The van der Waals surface area contributed by atoms with Crippen molar-refractivity contribution >= 4 is 28.1 Å². The molecule has 5 rings (SSSR count). The van der Waals surface area contributed by atoms with E-state index in [1.54, 1.807) is 7.11 Å². The number of fused-ring (bicyclic) bond motifs is 4. The lowest BCUT2D eigenvalue weighted by molar-refractivity contribution is 0.398. The van der Waals surface area contributed by atoms with Crippen LogP contribution in [0.5, 0.6) is 5.75 Å². The number of halogens is 1. The van der Waals surface area contributed by atoms with E-state index in [-0.39, 0.29) is 6.04 Å². The third kappa shape index (κ3) is 2.25. The van der Waals surface area contributed by atoms with Crippen molar-refractivity contribution in [2.24, 2.45) is 5.92 Å². The van der Waals surface area contributed by atoms with Gasteiger partial charge in [-0.3, -0.25) is 0 Å². The lowest BCUT2D eigenvalue weighted by Gasteiger charge is -2.39. The average Bonchev–Trinajstić information content (AvgIpc) is 3.17. The van der Waals surface area contributed by atoms with Crippen LogP contribution in [-0.4, -0.2) is 7.11 Å². The summed E-state index contributed by atoms with van der Waals surface area (Å²) in [4.78, 5) is 0. The maximum atomic E-state index is 6.60. The molecule has 0 radical (unpaired) electrons. The highest BCUT2D eigenvalue weighted by Crippen LogP contribution is 2.54. The summed E-state index contributed by atoms with van der Waals surface area (Å²) in [6.07, 6.45) is 5.66. The normalized spacial score (nSPS) is 23.4. The first-order valence-electron chi connectivity index (χ1n) is 9.05. The molecule has 0 unspecified atom stereocenters. The van der Waals surface area contributed by atoms with E-state index in [9.17, 15) is 0 Å². The van der Waals surface area contributed by atoms with Crippen LogP contribution in [0.3, 0.4) is 0 Å². The third-order valence-corrected chi connectivity index (χ3v) is 6.14. The van der Waals surface area contributed by atoms with Crippen molar-refractivity contribution in [1.29, 1.82) is 0 Å². The lowest BCUT2D eigenvalue weighted by atomic mass is 9.76. The summed E-state index contributed by atoms with van der Waals surface area (Å²) in [5, 5.41) is 7.18. The van der Waals surface area contributed by atoms with Crippen molar-refractivity contribution in [1.82, 2.24) is 0 Å². The Bertz CT molecular complexity index is 1020. The Kier molecular flexibility index (Phi) is 3.68. The first-order valence-corrected chi connectivity index (χ1v) is 9.43. The zero-order valence-corrected chi connectivity index (χ0v) is 15.3. The minimum absolute atomic E-state index is 0.223. The molecule has 3 aromatic carbocycles. The predicted octanol–water partition coefficient (Wildman–Crippen LogP) is 6.33. The molecule has 130 valence electrons. The van der Waals surface area contributed by atoms with Gasteiger partial charge >= 0.3 is 0 Å². The van der Waals surface area contributed by atoms with E-state index in [4.69, 9.17) is 16.3 Å². The molecule has 1 N–H and O–H groups in total. The van der Waals surface area contributed by atoms with Crippen LogP contribution in [0, 0.1) is 5.92 Å². The molecular formula is C23H20ClNO. The van der Waals surface area contributed by atoms with Crippen molar-refractivity contribution < 1.29 is 4.74 Å². The van der Waals surface area contributed by atoms with Crippen LogP contribution < -0.4 is 10.1 Å². The van der Waals surface area contributed by atoms with Crippen molar-refractivity contribution in [3.63, 3.8) is 0 Å². The lowest BCUT2D eigenvalue weighted by Crippen LogP contribution is -2.29. The average molecular weight is 362 g/mol. The Morgan fingerprint density at radius 3 is 2.77 bits per heavy atom. The van der Waals surface area contributed by atoms with Gasteiger partial charge in [0.1, 0.15) is 5.75 Å². The van der Waals surface area contributed by atoms with Crippen LogP contribution in [-0.2, 0) is 0 Å². The molecule has 2 nitrogen and oxygen atoms in total. The van der Waals surface area contributed by atoms with Crippen LogP contribution in [0.1, 0.15) is 29.5 Å². The Morgan fingerprint density at radius 2 is 1.88 bits per heavy atom. The summed E-state index contributed by atoms with van der Waals surface area (Å²) in [6, 6.07) is 19.3. The Balaban J connectivity index is 1.71. The molecule has 0 amide bonds. The zero-order valence-electron chi connectivity index (χ0n) is 14.6. The quantitative estimate of drug-likeness (QED) is 0.538. The maximum Gasteiger partial charge on any atom is 0.142 e. The smallest absolute Gasteiger partial charge is 0.142 e. The van der Waals surface area contributed by atoms with Crippen LogP contribution in [0.2, 0.25) is 5.02 Å².